The summed E-state index contributed by atoms with van der Waals surface area (Å²) < 4.78 is 0. The summed E-state index contributed by atoms with van der Waals surface area (Å²) in [6.07, 6.45) is 0. The minimum absolute atomic E-state index is 0.113. The van der Waals surface area contributed by atoms with E-state index < -0.39 is 6.04 Å². The predicted octanol–water partition coefficient (Wildman–Crippen LogP) is 5.65. The van der Waals surface area contributed by atoms with Gasteiger partial charge in [0.25, 0.3) is 5.91 Å². The molecule has 0 bridgehead atoms. The van der Waals surface area contributed by atoms with Gasteiger partial charge in [-0.15, -0.1) is 0 Å². The van der Waals surface area contributed by atoms with Crippen LogP contribution in [0.2, 0.25) is 0 Å². The number of hydrogen-bond donors (Lipinski definition) is 3. The number of aryl methyl sites for hydroxylation is 2. The molecule has 7 nitrogen and oxygen atoms in total. The molecule has 196 valence electrons. The molecular weight excluding hydrogens is 494 g/mol. The lowest BCUT2D eigenvalue weighted by atomic mass is 9.95. The Morgan fingerprint density at radius 1 is 0.895 bits per heavy atom. The van der Waals surface area contributed by atoms with E-state index >= 15 is 0 Å². The van der Waals surface area contributed by atoms with Crippen LogP contribution in [0.3, 0.4) is 0 Å². The van der Waals surface area contributed by atoms with E-state index in [0.717, 1.165) is 28.1 Å². The van der Waals surface area contributed by atoms with Crippen LogP contribution in [-0.4, -0.2) is 36.8 Å². The molecule has 0 aliphatic carbocycles. The molecule has 0 unspecified atom stereocenters. The molecule has 3 aromatic carbocycles. The Labute approximate surface area is 228 Å². The van der Waals surface area contributed by atoms with Crippen molar-refractivity contribution in [2.45, 2.75) is 26.8 Å². The predicted molar refractivity (Wildman–Crippen MR) is 159 cm³/mol. The van der Waals surface area contributed by atoms with E-state index in [4.69, 9.17) is 4.99 Å². The Morgan fingerprint density at radius 2 is 1.55 bits per heavy atom. The van der Waals surface area contributed by atoms with Crippen molar-refractivity contribution in [2.24, 2.45) is 4.99 Å². The van der Waals surface area contributed by atoms with E-state index in [1.165, 1.54) is 11.8 Å². The molecule has 0 radical (unpaired) electrons. The number of para-hydroxylation sites is 2. The number of anilines is 3. The third-order valence-corrected chi connectivity index (χ3v) is 7.19. The number of rotatable bonds is 7. The Bertz CT molecular complexity index is 1360. The second-order valence-electron chi connectivity index (χ2n) is 9.41. The van der Waals surface area contributed by atoms with E-state index in [2.05, 4.69) is 16.0 Å². The Balaban J connectivity index is 1.56. The van der Waals surface area contributed by atoms with Crippen LogP contribution >= 0.6 is 11.8 Å². The zero-order valence-electron chi connectivity index (χ0n) is 22.3. The van der Waals surface area contributed by atoms with Crippen molar-refractivity contribution in [3.05, 3.63) is 101 Å². The lowest BCUT2D eigenvalue weighted by molar-refractivity contribution is -0.114. The SMILES string of the molecule is CC1=C(C(=O)Nc2ccccc2)[C@H](c2ccc(N(C)C)cc2)N=C(SCC(=O)Nc2c(C)cccc2C)N1. The Hall–Kier alpha value is -4.04. The van der Waals surface area contributed by atoms with E-state index in [1.807, 2.05) is 113 Å². The van der Waals surface area contributed by atoms with E-state index in [1.54, 1.807) is 0 Å². The van der Waals surface area contributed by atoms with Crippen LogP contribution in [0, 0.1) is 13.8 Å². The molecule has 3 N–H and O–H groups in total. The van der Waals surface area contributed by atoms with Gasteiger partial charge >= 0.3 is 0 Å². The average molecular weight is 528 g/mol. The lowest BCUT2D eigenvalue weighted by Crippen LogP contribution is -2.32. The van der Waals surface area contributed by atoms with Crippen LogP contribution in [0.5, 0.6) is 0 Å². The van der Waals surface area contributed by atoms with Gasteiger partial charge in [0.1, 0.15) is 6.04 Å². The molecule has 0 saturated heterocycles. The number of amides is 2. The zero-order valence-corrected chi connectivity index (χ0v) is 23.1. The van der Waals surface area contributed by atoms with Crippen molar-refractivity contribution in [1.82, 2.24) is 5.32 Å². The van der Waals surface area contributed by atoms with E-state index in [-0.39, 0.29) is 17.6 Å². The van der Waals surface area contributed by atoms with Crippen LogP contribution < -0.4 is 20.9 Å². The first kappa shape index (κ1) is 27.0. The molecular formula is C30H33N5O2S. The number of carbonyl (C=O) groups excluding carboxylic acids is 2. The Morgan fingerprint density at radius 3 is 2.18 bits per heavy atom. The largest absolute Gasteiger partial charge is 0.378 e. The standard InChI is InChI=1S/C30H33N5O2S/c1-19-10-9-11-20(2)27(19)33-25(36)18-38-30-31-21(3)26(29(37)32-23-12-7-6-8-13-23)28(34-30)22-14-16-24(17-15-22)35(4)5/h6-17,28H,18H2,1-5H3,(H,31,34)(H,32,37)(H,33,36)/t28-/m0/s1. The van der Waals surface area contributed by atoms with Crippen molar-refractivity contribution in [2.75, 3.05) is 35.4 Å². The molecule has 3 aromatic rings. The number of allylic oxidation sites excluding steroid dienone is 1. The summed E-state index contributed by atoms with van der Waals surface area (Å²) in [6, 6.07) is 22.8. The number of nitrogens with zero attached hydrogens (tertiary/aromatic N) is 2. The second-order valence-corrected chi connectivity index (χ2v) is 10.4. The Kier molecular flexibility index (Phi) is 8.53. The number of benzene rings is 3. The molecule has 2 amide bonds. The van der Waals surface area contributed by atoms with Gasteiger partial charge in [-0.1, -0.05) is 60.3 Å². The number of carbonyl (C=O) groups is 2. The number of thioether (sulfide) groups is 1. The fraction of sp³-hybridized carbons (Fsp3) is 0.233. The van der Waals surface area contributed by atoms with Gasteiger partial charge < -0.3 is 20.9 Å². The van der Waals surface area contributed by atoms with Crippen molar-refractivity contribution in [1.29, 1.82) is 0 Å². The van der Waals surface area contributed by atoms with Gasteiger partial charge in [0.2, 0.25) is 5.91 Å². The van der Waals surface area contributed by atoms with Gasteiger partial charge in [-0.25, -0.2) is 4.99 Å². The normalized spacial score (nSPS) is 14.9. The summed E-state index contributed by atoms with van der Waals surface area (Å²) in [7, 11) is 3.97. The average Bonchev–Trinajstić information content (AvgIpc) is 2.90. The maximum Gasteiger partial charge on any atom is 0.255 e. The third-order valence-electron chi connectivity index (χ3n) is 6.31. The van der Waals surface area contributed by atoms with Gasteiger partial charge in [-0.2, -0.15) is 0 Å². The summed E-state index contributed by atoms with van der Waals surface area (Å²) in [5, 5.41) is 9.85. The minimum Gasteiger partial charge on any atom is -0.378 e. The summed E-state index contributed by atoms with van der Waals surface area (Å²) in [5.41, 5.74) is 6.78. The van der Waals surface area contributed by atoms with Gasteiger partial charge in [-0.05, 0) is 61.7 Å². The third kappa shape index (κ3) is 6.44. The number of amidine groups is 1. The summed E-state index contributed by atoms with van der Waals surface area (Å²) in [6.45, 7) is 5.82. The summed E-state index contributed by atoms with van der Waals surface area (Å²) in [4.78, 5) is 33.1. The molecule has 0 fully saturated rings. The molecule has 1 aliphatic heterocycles. The second kappa shape index (κ2) is 12.0. The molecule has 8 heteroatoms. The summed E-state index contributed by atoms with van der Waals surface area (Å²) >= 11 is 1.32. The topological polar surface area (TPSA) is 85.8 Å². The number of hydrogen-bond acceptors (Lipinski definition) is 6. The van der Waals surface area contributed by atoms with Crippen LogP contribution in [-0.2, 0) is 9.59 Å². The van der Waals surface area contributed by atoms with Crippen LogP contribution in [0.25, 0.3) is 0 Å². The minimum atomic E-state index is -0.514. The maximum atomic E-state index is 13.4. The van der Waals surface area contributed by atoms with Crippen molar-refractivity contribution >= 4 is 45.8 Å². The van der Waals surface area contributed by atoms with E-state index in [0.29, 0.717) is 22.1 Å². The van der Waals surface area contributed by atoms with Crippen molar-refractivity contribution in [3.63, 3.8) is 0 Å². The monoisotopic (exact) mass is 527 g/mol. The highest BCUT2D eigenvalue weighted by molar-refractivity contribution is 8.14. The first-order valence-corrected chi connectivity index (χ1v) is 13.4. The van der Waals surface area contributed by atoms with Crippen molar-refractivity contribution < 1.29 is 9.59 Å². The number of nitrogens with one attached hydrogen (secondary N) is 3. The first-order valence-electron chi connectivity index (χ1n) is 12.4. The molecule has 0 spiro atoms. The molecule has 1 heterocycles. The first-order chi connectivity index (χ1) is 18.2. The highest BCUT2D eigenvalue weighted by Gasteiger charge is 2.30. The quantitative estimate of drug-likeness (QED) is 0.370. The van der Waals surface area contributed by atoms with Gasteiger partial charge in [0.15, 0.2) is 5.17 Å². The molecule has 1 aliphatic rings. The van der Waals surface area contributed by atoms with Crippen LogP contribution in [0.1, 0.15) is 29.7 Å². The van der Waals surface area contributed by atoms with E-state index in [9.17, 15) is 9.59 Å². The fourth-order valence-corrected chi connectivity index (χ4v) is 5.00. The fourth-order valence-electron chi connectivity index (χ4n) is 4.25. The van der Waals surface area contributed by atoms with Crippen LogP contribution in [0.4, 0.5) is 17.1 Å². The smallest absolute Gasteiger partial charge is 0.255 e. The molecule has 0 saturated carbocycles. The van der Waals surface area contributed by atoms with Gasteiger partial charge in [0, 0.05) is 36.9 Å². The van der Waals surface area contributed by atoms with Gasteiger partial charge in [0.05, 0.1) is 11.3 Å². The molecule has 0 aromatic heterocycles. The maximum absolute atomic E-state index is 13.4. The summed E-state index contributed by atoms with van der Waals surface area (Å²) in [5.74, 6) is -0.147. The number of aliphatic imine (C=N–C) groups is 1. The van der Waals surface area contributed by atoms with Gasteiger partial charge in [-0.3, -0.25) is 9.59 Å². The highest BCUT2D eigenvalue weighted by atomic mass is 32.2. The highest BCUT2D eigenvalue weighted by Crippen LogP contribution is 2.34. The molecule has 4 rings (SSSR count). The van der Waals surface area contributed by atoms with Crippen LogP contribution in [0.15, 0.2) is 89.1 Å². The molecule has 38 heavy (non-hydrogen) atoms. The molecule has 1 atom stereocenters. The zero-order chi connectivity index (χ0) is 27.2. The lowest BCUT2D eigenvalue weighted by Gasteiger charge is -2.27. The van der Waals surface area contributed by atoms with Crippen molar-refractivity contribution in [3.8, 4) is 0 Å².